The van der Waals surface area contributed by atoms with E-state index in [1.165, 1.54) is 41.7 Å². The smallest absolute Gasteiger partial charge is 0.416 e. The number of carbonyl (C=O) groups is 1. The van der Waals surface area contributed by atoms with Gasteiger partial charge in [-0.3, -0.25) is 0 Å². The molecule has 2 amide bonds. The third kappa shape index (κ3) is 6.10. The van der Waals surface area contributed by atoms with Gasteiger partial charge in [0.05, 0.1) is 40.0 Å². The van der Waals surface area contributed by atoms with Crippen LogP contribution in [0.25, 0.3) is 16.8 Å². The molecule has 10 nitrogen and oxygen atoms in total. The summed E-state index contributed by atoms with van der Waals surface area (Å²) in [5, 5.41) is 9.37. The molecule has 0 bridgehead atoms. The number of nitrogens with one attached hydrogen (secondary N) is 2. The quantitative estimate of drug-likeness (QED) is 0.216. The van der Waals surface area contributed by atoms with Crippen molar-refractivity contribution in [2.45, 2.75) is 6.18 Å². The Balaban J connectivity index is 1.25. The average molecular weight is 567 g/mol. The van der Waals surface area contributed by atoms with Crippen LogP contribution < -0.4 is 21.1 Å². The second-order valence-corrected chi connectivity index (χ2v) is 8.66. The molecule has 3 heterocycles. The maximum absolute atomic E-state index is 13.3. The second kappa shape index (κ2) is 10.9. The summed E-state index contributed by atoms with van der Waals surface area (Å²) in [6, 6.07) is 12.4. The molecule has 0 aliphatic heterocycles. The highest BCUT2D eigenvalue weighted by Crippen LogP contribution is 2.33. The number of nitrogens with zero attached hydrogens (tertiary/aromatic N) is 5. The van der Waals surface area contributed by atoms with E-state index in [0.29, 0.717) is 22.2 Å². The molecule has 0 spiro atoms. The Bertz CT molecular complexity index is 1640. The lowest BCUT2D eigenvalue weighted by atomic mass is 10.1. The molecule has 0 aliphatic carbocycles. The summed E-state index contributed by atoms with van der Waals surface area (Å²) in [7, 11) is 0. The van der Waals surface area contributed by atoms with E-state index in [1.807, 2.05) is 0 Å². The van der Waals surface area contributed by atoms with Gasteiger partial charge in [-0.2, -0.15) is 18.3 Å². The van der Waals surface area contributed by atoms with Gasteiger partial charge in [0.15, 0.2) is 0 Å². The van der Waals surface area contributed by atoms with Gasteiger partial charge in [-0.05, 0) is 48.0 Å². The molecular weight excluding hydrogens is 549 g/mol. The molecule has 14 heteroatoms. The average Bonchev–Trinajstić information content (AvgIpc) is 3.46. The highest BCUT2D eigenvalue weighted by atomic mass is 35.5. The number of aromatic nitrogens is 5. The van der Waals surface area contributed by atoms with Crippen molar-refractivity contribution in [2.24, 2.45) is 0 Å². The van der Waals surface area contributed by atoms with E-state index in [0.717, 1.165) is 17.7 Å². The largest absolute Gasteiger partial charge is 0.424 e. The summed E-state index contributed by atoms with van der Waals surface area (Å²) >= 11 is 6.01. The Hall–Kier alpha value is -5.17. The van der Waals surface area contributed by atoms with E-state index in [1.54, 1.807) is 36.4 Å². The van der Waals surface area contributed by atoms with Crippen LogP contribution >= 0.6 is 11.6 Å². The molecule has 40 heavy (non-hydrogen) atoms. The predicted molar refractivity (Wildman–Crippen MR) is 142 cm³/mol. The molecule has 0 unspecified atom stereocenters. The second-order valence-electron chi connectivity index (χ2n) is 8.23. The number of nitrogens with two attached hydrogens (primary N) is 1. The summed E-state index contributed by atoms with van der Waals surface area (Å²) < 4.78 is 46.7. The van der Waals surface area contributed by atoms with Crippen LogP contribution in [0, 0.1) is 0 Å². The predicted octanol–water partition coefficient (Wildman–Crippen LogP) is 6.42. The molecule has 0 saturated heterocycles. The molecule has 2 aromatic carbocycles. The standard InChI is InChI=1S/C26H18ClF3N8O2/c27-17-11-20(23(31)32-12-17)15-2-5-19(6-3-15)40-25-33-13-18(14-34-25)36-24(39)37-21-10-16(26(28,29)30)4-7-22(21)38-9-1-8-35-38/h1-14H,(H2,31,32)(H2,36,37,39). The number of carbonyl (C=O) groups excluding carboxylic acids is 1. The molecule has 5 aromatic rings. The highest BCUT2D eigenvalue weighted by molar-refractivity contribution is 6.30. The third-order valence-corrected chi connectivity index (χ3v) is 5.68. The lowest BCUT2D eigenvalue weighted by Gasteiger charge is -2.15. The summed E-state index contributed by atoms with van der Waals surface area (Å²) in [6.45, 7) is 0. The molecule has 0 atom stereocenters. The third-order valence-electron chi connectivity index (χ3n) is 5.47. The number of hydrogen-bond acceptors (Lipinski definition) is 7. The van der Waals surface area contributed by atoms with Crippen molar-refractivity contribution >= 4 is 34.8 Å². The monoisotopic (exact) mass is 566 g/mol. The summed E-state index contributed by atoms with van der Waals surface area (Å²) in [4.78, 5) is 24.7. The number of halogens is 4. The van der Waals surface area contributed by atoms with Gasteiger partial charge in [0.1, 0.15) is 11.6 Å². The molecule has 0 saturated carbocycles. The van der Waals surface area contributed by atoms with Crippen molar-refractivity contribution < 1.29 is 22.7 Å². The van der Waals surface area contributed by atoms with Gasteiger partial charge in [0.25, 0.3) is 0 Å². The summed E-state index contributed by atoms with van der Waals surface area (Å²) in [5.41, 5.74) is 6.77. The van der Waals surface area contributed by atoms with Crippen LogP contribution in [-0.4, -0.2) is 30.8 Å². The van der Waals surface area contributed by atoms with Crippen LogP contribution in [0.1, 0.15) is 5.56 Å². The number of ether oxygens (including phenoxy) is 1. The van der Waals surface area contributed by atoms with Crippen molar-refractivity contribution in [1.29, 1.82) is 0 Å². The minimum absolute atomic E-state index is 0.00138. The number of benzene rings is 2. The Morgan fingerprint density at radius 2 is 1.73 bits per heavy atom. The molecule has 4 N–H and O–H groups in total. The van der Waals surface area contributed by atoms with Gasteiger partial charge in [0, 0.05) is 24.2 Å². The van der Waals surface area contributed by atoms with Crippen molar-refractivity contribution in [2.75, 3.05) is 16.4 Å². The van der Waals surface area contributed by atoms with E-state index < -0.39 is 17.8 Å². The van der Waals surface area contributed by atoms with Crippen LogP contribution in [0.4, 0.5) is 35.2 Å². The van der Waals surface area contributed by atoms with Gasteiger partial charge in [0.2, 0.25) is 0 Å². The normalized spacial score (nSPS) is 11.2. The topological polar surface area (TPSA) is 133 Å². The van der Waals surface area contributed by atoms with Crippen molar-refractivity contribution in [3.8, 4) is 28.6 Å². The van der Waals surface area contributed by atoms with Gasteiger partial charge in [-0.1, -0.05) is 23.7 Å². The number of rotatable bonds is 6. The Morgan fingerprint density at radius 3 is 2.40 bits per heavy atom. The lowest BCUT2D eigenvalue weighted by molar-refractivity contribution is -0.137. The Kier molecular flexibility index (Phi) is 7.21. The van der Waals surface area contributed by atoms with E-state index >= 15 is 0 Å². The van der Waals surface area contributed by atoms with E-state index in [9.17, 15) is 18.0 Å². The van der Waals surface area contributed by atoms with Crippen molar-refractivity contribution in [3.05, 3.63) is 96.2 Å². The molecule has 5 rings (SSSR count). The molecule has 0 fully saturated rings. The number of pyridine rings is 1. The maximum Gasteiger partial charge on any atom is 0.416 e. The fraction of sp³-hybridized carbons (Fsp3) is 0.0385. The van der Waals surface area contributed by atoms with Crippen LogP contribution in [-0.2, 0) is 6.18 Å². The minimum Gasteiger partial charge on any atom is -0.424 e. The molecule has 3 aromatic heterocycles. The number of anilines is 3. The molecular formula is C26H18ClF3N8O2. The van der Waals surface area contributed by atoms with Crippen LogP contribution in [0.3, 0.4) is 0 Å². The van der Waals surface area contributed by atoms with Gasteiger partial charge >= 0.3 is 18.2 Å². The number of alkyl halides is 3. The maximum atomic E-state index is 13.3. The summed E-state index contributed by atoms with van der Waals surface area (Å²) in [6.07, 6.45) is 2.43. The number of hydrogen-bond donors (Lipinski definition) is 3. The Labute approximate surface area is 229 Å². The highest BCUT2D eigenvalue weighted by Gasteiger charge is 2.31. The zero-order valence-corrected chi connectivity index (χ0v) is 21.0. The number of urea groups is 1. The number of amides is 2. The van der Waals surface area contributed by atoms with Crippen LogP contribution in [0.15, 0.2) is 85.6 Å². The molecule has 0 radical (unpaired) electrons. The van der Waals surface area contributed by atoms with Gasteiger partial charge < -0.3 is 21.1 Å². The fourth-order valence-electron chi connectivity index (χ4n) is 3.63. The Morgan fingerprint density at radius 1 is 0.975 bits per heavy atom. The molecule has 202 valence electrons. The number of nitrogen functional groups attached to an aromatic ring is 1. The van der Waals surface area contributed by atoms with Crippen LogP contribution in [0.2, 0.25) is 5.02 Å². The molecule has 0 aliphatic rings. The minimum atomic E-state index is -4.60. The van der Waals surface area contributed by atoms with Crippen molar-refractivity contribution in [1.82, 2.24) is 24.7 Å². The van der Waals surface area contributed by atoms with Crippen LogP contribution in [0.5, 0.6) is 11.8 Å². The first kappa shape index (κ1) is 26.4. The zero-order chi connectivity index (χ0) is 28.3. The van der Waals surface area contributed by atoms with E-state index in [-0.39, 0.29) is 23.1 Å². The first-order chi connectivity index (χ1) is 19.2. The van der Waals surface area contributed by atoms with Crippen molar-refractivity contribution in [3.63, 3.8) is 0 Å². The SMILES string of the molecule is Nc1ncc(Cl)cc1-c1ccc(Oc2ncc(NC(=O)Nc3cc(C(F)(F)F)ccc3-n3cccn3)cn2)cc1. The zero-order valence-electron chi connectivity index (χ0n) is 20.2. The fourth-order valence-corrected chi connectivity index (χ4v) is 3.79. The lowest BCUT2D eigenvalue weighted by Crippen LogP contribution is -2.21. The first-order valence-electron chi connectivity index (χ1n) is 11.5. The summed E-state index contributed by atoms with van der Waals surface area (Å²) in [5.74, 6) is 0.769. The van der Waals surface area contributed by atoms with Gasteiger partial charge in [-0.15, -0.1) is 0 Å². The van der Waals surface area contributed by atoms with E-state index in [4.69, 9.17) is 22.1 Å². The van der Waals surface area contributed by atoms with E-state index in [2.05, 4.69) is 30.7 Å². The van der Waals surface area contributed by atoms with Gasteiger partial charge in [-0.25, -0.2) is 24.4 Å². The first-order valence-corrected chi connectivity index (χ1v) is 11.8.